The van der Waals surface area contributed by atoms with Gasteiger partial charge in [0.05, 0.1) is 26.4 Å². The SMILES string of the molecule is CC/C=C\C/C=C\C/C=C\C/C=C\C/C=C\CCCCCCCCCC(=O)OC(COCCCCCCCCCCCCCC)COC1OC(COC2OC(CO)C(O)C(O)C2O)C(O)C(O)C1O. The highest BCUT2D eigenvalue weighted by molar-refractivity contribution is 5.69. The smallest absolute Gasteiger partial charge is 0.306 e. The number of esters is 1. The molecule has 11 unspecified atom stereocenters. The summed E-state index contributed by atoms with van der Waals surface area (Å²) >= 11 is 0. The van der Waals surface area contributed by atoms with E-state index in [-0.39, 0.29) is 25.6 Å². The summed E-state index contributed by atoms with van der Waals surface area (Å²) in [6.45, 7) is 3.56. The van der Waals surface area contributed by atoms with E-state index in [0.717, 1.165) is 83.5 Å². The number of rotatable bonds is 42. The number of allylic oxidation sites excluding steroid dienone is 10. The Morgan fingerprint density at radius 2 is 0.942 bits per heavy atom. The zero-order valence-corrected chi connectivity index (χ0v) is 42.5. The molecule has 2 saturated heterocycles. The van der Waals surface area contributed by atoms with Crippen molar-refractivity contribution in [3.05, 3.63) is 60.8 Å². The minimum atomic E-state index is -1.71. The van der Waals surface area contributed by atoms with Gasteiger partial charge in [0.1, 0.15) is 54.9 Å². The second-order valence-electron chi connectivity index (χ2n) is 18.7. The molecule has 7 N–H and O–H groups in total. The number of aliphatic hydroxyl groups excluding tert-OH is 7. The molecular formula is C55H96O14. The first-order valence-corrected chi connectivity index (χ1v) is 26.9. The lowest BCUT2D eigenvalue weighted by molar-refractivity contribution is -0.332. The monoisotopic (exact) mass is 981 g/mol. The maximum Gasteiger partial charge on any atom is 0.306 e. The van der Waals surface area contributed by atoms with E-state index in [0.29, 0.717) is 13.0 Å². The third-order valence-electron chi connectivity index (χ3n) is 12.5. The number of unbranched alkanes of at least 4 members (excludes halogenated alkanes) is 18. The van der Waals surface area contributed by atoms with Crippen molar-refractivity contribution in [1.82, 2.24) is 0 Å². The third kappa shape index (κ3) is 29.7. The zero-order valence-electron chi connectivity index (χ0n) is 42.5. The Balaban J connectivity index is 1.73. The lowest BCUT2D eigenvalue weighted by Crippen LogP contribution is -2.61. The highest BCUT2D eigenvalue weighted by atomic mass is 16.7. The molecule has 14 heteroatoms. The Bertz CT molecular complexity index is 1370. The summed E-state index contributed by atoms with van der Waals surface area (Å²) in [6.07, 6.45) is 34.2. The fourth-order valence-electron chi connectivity index (χ4n) is 8.19. The molecular weight excluding hydrogens is 885 g/mol. The first kappa shape index (κ1) is 62.8. The molecule has 0 aromatic carbocycles. The Kier molecular flexibility index (Phi) is 38.4. The summed E-state index contributed by atoms with van der Waals surface area (Å²) in [6, 6.07) is 0. The molecule has 2 aliphatic heterocycles. The van der Waals surface area contributed by atoms with Crippen molar-refractivity contribution < 1.29 is 69.0 Å². The van der Waals surface area contributed by atoms with E-state index < -0.39 is 80.7 Å². The van der Waals surface area contributed by atoms with Crippen LogP contribution in [0.15, 0.2) is 60.8 Å². The minimum absolute atomic E-state index is 0.0566. The van der Waals surface area contributed by atoms with E-state index in [1.807, 2.05) is 0 Å². The van der Waals surface area contributed by atoms with Gasteiger partial charge in [-0.2, -0.15) is 0 Å². The Morgan fingerprint density at radius 3 is 1.48 bits per heavy atom. The summed E-state index contributed by atoms with van der Waals surface area (Å²) in [5.74, 6) is -0.388. The van der Waals surface area contributed by atoms with Crippen molar-refractivity contribution in [3.8, 4) is 0 Å². The number of aliphatic hydroxyl groups is 7. The van der Waals surface area contributed by atoms with Crippen molar-refractivity contribution in [3.63, 3.8) is 0 Å². The summed E-state index contributed by atoms with van der Waals surface area (Å²) in [5.41, 5.74) is 0. The van der Waals surface area contributed by atoms with Gasteiger partial charge < -0.3 is 64.2 Å². The van der Waals surface area contributed by atoms with Crippen LogP contribution in [-0.4, -0.2) is 142 Å². The normalized spacial score (nSPS) is 26.2. The van der Waals surface area contributed by atoms with Crippen LogP contribution in [0.25, 0.3) is 0 Å². The van der Waals surface area contributed by atoms with E-state index in [9.17, 15) is 40.5 Å². The maximum absolute atomic E-state index is 13.0. The van der Waals surface area contributed by atoms with Crippen molar-refractivity contribution in [2.24, 2.45) is 0 Å². The van der Waals surface area contributed by atoms with Gasteiger partial charge in [-0.1, -0.05) is 177 Å². The molecule has 0 aliphatic carbocycles. The second-order valence-corrected chi connectivity index (χ2v) is 18.7. The maximum atomic E-state index is 13.0. The van der Waals surface area contributed by atoms with Gasteiger partial charge in [0.2, 0.25) is 0 Å². The molecule has 2 fully saturated rings. The van der Waals surface area contributed by atoms with Gasteiger partial charge in [-0.15, -0.1) is 0 Å². The van der Waals surface area contributed by atoms with Gasteiger partial charge in [-0.05, 0) is 57.8 Å². The lowest BCUT2D eigenvalue weighted by Gasteiger charge is -2.42. The van der Waals surface area contributed by atoms with Crippen LogP contribution in [0.1, 0.15) is 181 Å². The van der Waals surface area contributed by atoms with Gasteiger partial charge in [-0.3, -0.25) is 4.79 Å². The van der Waals surface area contributed by atoms with Crippen LogP contribution in [0.3, 0.4) is 0 Å². The molecule has 2 heterocycles. The largest absolute Gasteiger partial charge is 0.457 e. The van der Waals surface area contributed by atoms with Gasteiger partial charge in [0.15, 0.2) is 12.6 Å². The van der Waals surface area contributed by atoms with E-state index in [2.05, 4.69) is 74.6 Å². The molecule has 0 spiro atoms. The van der Waals surface area contributed by atoms with Crippen molar-refractivity contribution in [1.29, 1.82) is 0 Å². The first-order chi connectivity index (χ1) is 33.6. The molecule has 0 radical (unpaired) electrons. The number of carbonyl (C=O) groups excluding carboxylic acids is 1. The van der Waals surface area contributed by atoms with Crippen molar-refractivity contribution >= 4 is 5.97 Å². The highest BCUT2D eigenvalue weighted by Crippen LogP contribution is 2.26. The van der Waals surface area contributed by atoms with Crippen LogP contribution in [0.5, 0.6) is 0 Å². The molecule has 0 aromatic rings. The van der Waals surface area contributed by atoms with Gasteiger partial charge in [-0.25, -0.2) is 0 Å². The minimum Gasteiger partial charge on any atom is -0.457 e. The van der Waals surface area contributed by atoms with Crippen LogP contribution < -0.4 is 0 Å². The molecule has 400 valence electrons. The Labute approximate surface area is 415 Å². The fraction of sp³-hybridized carbons (Fsp3) is 0.800. The molecule has 0 saturated carbocycles. The predicted octanol–water partition coefficient (Wildman–Crippen LogP) is 8.52. The van der Waals surface area contributed by atoms with Crippen molar-refractivity contribution in [2.75, 3.05) is 33.0 Å². The lowest BCUT2D eigenvalue weighted by atomic mass is 9.98. The van der Waals surface area contributed by atoms with E-state index in [1.54, 1.807) is 0 Å². The molecule has 0 aromatic heterocycles. The Hall–Kier alpha value is -2.31. The average Bonchev–Trinajstić information content (AvgIpc) is 3.35. The molecule has 11 atom stereocenters. The standard InChI is InChI=1S/C55H96O14/c1-3-5-7-9-11-13-15-17-18-19-20-21-22-23-24-25-26-27-28-30-32-34-36-38-47(57)67-44(41-64-39-37-35-33-31-29-16-14-12-10-8-6-4-2)42-65-54-53(63)51(61)49(59)46(69-54)43-66-55-52(62)50(60)48(58)45(40-56)68-55/h5,7,11,13,17-18,20-21,23-24,44-46,48-56,58-63H,3-4,6,8-10,12,14-16,19,22,25-43H2,1-2H3/b7-5-,13-11-,18-17-,21-20-,24-23-. The van der Waals surface area contributed by atoms with E-state index in [4.69, 9.17) is 28.4 Å². The second kappa shape index (κ2) is 42.2. The number of ether oxygens (including phenoxy) is 6. The highest BCUT2D eigenvalue weighted by Gasteiger charge is 2.47. The molecule has 0 bridgehead atoms. The van der Waals surface area contributed by atoms with E-state index >= 15 is 0 Å². The van der Waals surface area contributed by atoms with Crippen molar-refractivity contribution in [2.45, 2.75) is 248 Å². The quantitative estimate of drug-likeness (QED) is 0.0174. The van der Waals surface area contributed by atoms with Crippen LogP contribution in [0, 0.1) is 0 Å². The van der Waals surface area contributed by atoms with Gasteiger partial charge >= 0.3 is 5.97 Å². The fourth-order valence-corrected chi connectivity index (χ4v) is 8.19. The first-order valence-electron chi connectivity index (χ1n) is 26.9. The average molecular weight is 981 g/mol. The Morgan fingerprint density at radius 1 is 0.493 bits per heavy atom. The van der Waals surface area contributed by atoms with Gasteiger partial charge in [0, 0.05) is 13.0 Å². The summed E-state index contributed by atoms with van der Waals surface area (Å²) in [7, 11) is 0. The molecule has 69 heavy (non-hydrogen) atoms. The third-order valence-corrected chi connectivity index (χ3v) is 12.5. The van der Waals surface area contributed by atoms with Gasteiger partial charge in [0.25, 0.3) is 0 Å². The van der Waals surface area contributed by atoms with Crippen LogP contribution in [0.2, 0.25) is 0 Å². The zero-order chi connectivity index (χ0) is 50.2. The molecule has 0 amide bonds. The van der Waals surface area contributed by atoms with Crippen LogP contribution >= 0.6 is 0 Å². The summed E-state index contributed by atoms with van der Waals surface area (Å²) in [4.78, 5) is 13.0. The summed E-state index contributed by atoms with van der Waals surface area (Å²) < 4.78 is 34.3. The number of hydrogen-bond donors (Lipinski definition) is 7. The van der Waals surface area contributed by atoms with E-state index in [1.165, 1.54) is 70.6 Å². The van der Waals surface area contributed by atoms with Crippen LogP contribution in [0.4, 0.5) is 0 Å². The molecule has 2 rings (SSSR count). The topological polar surface area (TPSA) is 214 Å². The number of hydrogen-bond acceptors (Lipinski definition) is 14. The molecule has 2 aliphatic rings. The summed E-state index contributed by atoms with van der Waals surface area (Å²) in [5, 5.41) is 72.2. The number of carbonyl (C=O) groups is 1. The predicted molar refractivity (Wildman–Crippen MR) is 270 cm³/mol. The molecule has 14 nitrogen and oxygen atoms in total. The van der Waals surface area contributed by atoms with Crippen LogP contribution in [-0.2, 0) is 33.2 Å².